The summed E-state index contributed by atoms with van der Waals surface area (Å²) < 4.78 is 0. The minimum atomic E-state index is -0.255. The van der Waals surface area contributed by atoms with E-state index >= 15 is 0 Å². The maximum absolute atomic E-state index is 10.8. The zero-order valence-electron chi connectivity index (χ0n) is 8.79. The van der Waals surface area contributed by atoms with E-state index in [2.05, 4.69) is 20.6 Å². The Morgan fingerprint density at radius 1 is 1.13 bits per heavy atom. The Morgan fingerprint density at radius 2 is 1.73 bits per heavy atom. The summed E-state index contributed by atoms with van der Waals surface area (Å²) >= 11 is 0. The van der Waals surface area contributed by atoms with Crippen LogP contribution < -0.4 is 10.6 Å². The topological polar surface area (TPSA) is 84.0 Å². The molecule has 2 amide bonds. The highest BCUT2D eigenvalue weighted by molar-refractivity contribution is 5.89. The molecular formula is C9H12N4O2. The van der Waals surface area contributed by atoms with E-state index in [4.69, 9.17) is 0 Å². The van der Waals surface area contributed by atoms with Crippen molar-refractivity contribution in [1.29, 1.82) is 0 Å². The largest absolute Gasteiger partial charge is 0.311 e. The van der Waals surface area contributed by atoms with Crippen molar-refractivity contribution in [2.24, 2.45) is 0 Å². The second-order valence-electron chi connectivity index (χ2n) is 3.08. The van der Waals surface area contributed by atoms with Crippen LogP contribution in [0.5, 0.6) is 0 Å². The van der Waals surface area contributed by atoms with E-state index < -0.39 is 0 Å². The van der Waals surface area contributed by atoms with Crippen LogP contribution in [0.15, 0.2) is 6.07 Å². The Kier molecular flexibility index (Phi) is 3.33. The predicted molar refractivity (Wildman–Crippen MR) is 55.4 cm³/mol. The van der Waals surface area contributed by atoms with E-state index in [0.29, 0.717) is 11.5 Å². The highest BCUT2D eigenvalue weighted by Gasteiger charge is 2.04. The van der Waals surface area contributed by atoms with Crippen LogP contribution in [0.2, 0.25) is 0 Å². The first-order valence-corrected chi connectivity index (χ1v) is 4.38. The summed E-state index contributed by atoms with van der Waals surface area (Å²) in [5.41, 5.74) is 0.664. The summed E-state index contributed by atoms with van der Waals surface area (Å²) in [6.07, 6.45) is 0. The molecule has 1 heterocycles. The van der Waals surface area contributed by atoms with Gasteiger partial charge in [-0.15, -0.1) is 0 Å². The summed E-state index contributed by atoms with van der Waals surface area (Å²) in [5, 5.41) is 4.96. The first-order valence-electron chi connectivity index (χ1n) is 4.38. The summed E-state index contributed by atoms with van der Waals surface area (Å²) in [6.45, 7) is 4.50. The molecule has 0 aliphatic heterocycles. The van der Waals surface area contributed by atoms with Gasteiger partial charge in [0, 0.05) is 25.6 Å². The van der Waals surface area contributed by atoms with Gasteiger partial charge in [-0.2, -0.15) is 4.98 Å². The van der Waals surface area contributed by atoms with Gasteiger partial charge in [-0.05, 0) is 6.92 Å². The molecule has 1 aromatic heterocycles. The number of aryl methyl sites for hydroxylation is 1. The van der Waals surface area contributed by atoms with Gasteiger partial charge in [-0.1, -0.05) is 0 Å². The number of carbonyl (C=O) groups is 2. The van der Waals surface area contributed by atoms with Crippen molar-refractivity contribution in [2.45, 2.75) is 20.8 Å². The zero-order chi connectivity index (χ0) is 11.4. The molecule has 0 aliphatic carbocycles. The third-order valence-electron chi connectivity index (χ3n) is 1.45. The van der Waals surface area contributed by atoms with Gasteiger partial charge in [-0.3, -0.25) is 14.9 Å². The molecule has 2 N–H and O–H groups in total. The number of aromatic nitrogens is 2. The van der Waals surface area contributed by atoms with Crippen LogP contribution in [0.4, 0.5) is 11.8 Å². The summed E-state index contributed by atoms with van der Waals surface area (Å²) in [6, 6.07) is 1.62. The Hall–Kier alpha value is -1.98. The molecular weight excluding hydrogens is 196 g/mol. The number of nitrogens with zero attached hydrogens (tertiary/aromatic N) is 2. The second kappa shape index (κ2) is 4.50. The molecule has 0 aliphatic rings. The Balaban J connectivity index is 2.94. The lowest BCUT2D eigenvalue weighted by Crippen LogP contribution is -2.13. The molecule has 0 atom stereocenters. The highest BCUT2D eigenvalue weighted by Crippen LogP contribution is 2.09. The summed E-state index contributed by atoms with van der Waals surface area (Å²) in [5.74, 6) is 0.0845. The minimum Gasteiger partial charge on any atom is -0.311 e. The Morgan fingerprint density at radius 3 is 2.27 bits per heavy atom. The average molecular weight is 208 g/mol. The quantitative estimate of drug-likeness (QED) is 0.749. The van der Waals surface area contributed by atoms with Gasteiger partial charge in [0.25, 0.3) is 0 Å². The van der Waals surface area contributed by atoms with Crippen molar-refractivity contribution in [1.82, 2.24) is 9.97 Å². The number of carbonyl (C=O) groups excluding carboxylic acids is 2. The van der Waals surface area contributed by atoms with Crippen molar-refractivity contribution >= 4 is 23.6 Å². The van der Waals surface area contributed by atoms with Crippen LogP contribution in [-0.2, 0) is 9.59 Å². The number of amides is 2. The minimum absolute atomic E-state index is 0.186. The third kappa shape index (κ3) is 3.72. The van der Waals surface area contributed by atoms with E-state index in [1.165, 1.54) is 13.8 Å². The Labute approximate surface area is 87.1 Å². The van der Waals surface area contributed by atoms with Crippen LogP contribution in [0.1, 0.15) is 19.5 Å². The SMILES string of the molecule is CC(=O)Nc1cc(C)nc(NC(C)=O)n1. The first kappa shape index (κ1) is 11.1. The van der Waals surface area contributed by atoms with E-state index in [1.54, 1.807) is 13.0 Å². The van der Waals surface area contributed by atoms with E-state index in [1.807, 2.05) is 0 Å². The molecule has 0 saturated carbocycles. The highest BCUT2D eigenvalue weighted by atomic mass is 16.2. The molecule has 0 aromatic carbocycles. The van der Waals surface area contributed by atoms with E-state index in [-0.39, 0.29) is 17.8 Å². The lowest BCUT2D eigenvalue weighted by Gasteiger charge is -2.05. The van der Waals surface area contributed by atoms with E-state index in [9.17, 15) is 9.59 Å². The van der Waals surface area contributed by atoms with Crippen molar-refractivity contribution in [3.05, 3.63) is 11.8 Å². The molecule has 80 valence electrons. The van der Waals surface area contributed by atoms with Gasteiger partial charge in [0.15, 0.2) is 0 Å². The number of hydrogen-bond donors (Lipinski definition) is 2. The normalized spacial score (nSPS) is 9.53. The molecule has 6 nitrogen and oxygen atoms in total. The standard InChI is InChI=1S/C9H12N4O2/c1-5-4-8(11-6(2)14)13-9(10-5)12-7(3)15/h4H,1-3H3,(H2,10,11,12,13,14,15). The Bertz CT molecular complexity index is 369. The van der Waals surface area contributed by atoms with Gasteiger partial charge in [0.2, 0.25) is 17.8 Å². The fraction of sp³-hybridized carbons (Fsp3) is 0.333. The molecule has 1 rings (SSSR count). The van der Waals surface area contributed by atoms with Crippen molar-refractivity contribution in [3.8, 4) is 0 Å². The number of hydrogen-bond acceptors (Lipinski definition) is 4. The number of rotatable bonds is 2. The number of nitrogens with one attached hydrogen (secondary N) is 2. The molecule has 0 radical (unpaired) electrons. The van der Waals surface area contributed by atoms with E-state index in [0.717, 1.165) is 0 Å². The maximum Gasteiger partial charge on any atom is 0.231 e. The van der Waals surface area contributed by atoms with Gasteiger partial charge < -0.3 is 5.32 Å². The molecule has 6 heteroatoms. The van der Waals surface area contributed by atoms with Crippen molar-refractivity contribution in [3.63, 3.8) is 0 Å². The van der Waals surface area contributed by atoms with Crippen LogP contribution in [0.3, 0.4) is 0 Å². The maximum atomic E-state index is 10.8. The van der Waals surface area contributed by atoms with Gasteiger partial charge in [0.1, 0.15) is 5.82 Å². The van der Waals surface area contributed by atoms with Crippen LogP contribution >= 0.6 is 0 Å². The van der Waals surface area contributed by atoms with Crippen LogP contribution in [0, 0.1) is 6.92 Å². The van der Waals surface area contributed by atoms with Crippen molar-refractivity contribution < 1.29 is 9.59 Å². The van der Waals surface area contributed by atoms with Gasteiger partial charge >= 0.3 is 0 Å². The monoisotopic (exact) mass is 208 g/mol. The van der Waals surface area contributed by atoms with Crippen LogP contribution in [0.25, 0.3) is 0 Å². The third-order valence-corrected chi connectivity index (χ3v) is 1.45. The predicted octanol–water partition coefficient (Wildman–Crippen LogP) is 0.702. The fourth-order valence-electron chi connectivity index (χ4n) is 1.03. The second-order valence-corrected chi connectivity index (χ2v) is 3.08. The molecule has 1 aromatic rings. The summed E-state index contributed by atoms with van der Waals surface area (Å²) in [7, 11) is 0. The molecule has 0 fully saturated rings. The molecule has 15 heavy (non-hydrogen) atoms. The first-order chi connectivity index (χ1) is 6.97. The molecule has 0 spiro atoms. The molecule has 0 unspecified atom stereocenters. The average Bonchev–Trinajstić information content (AvgIpc) is 1.98. The smallest absolute Gasteiger partial charge is 0.231 e. The fourth-order valence-corrected chi connectivity index (χ4v) is 1.03. The zero-order valence-corrected chi connectivity index (χ0v) is 8.79. The van der Waals surface area contributed by atoms with Gasteiger partial charge in [-0.25, -0.2) is 4.98 Å². The number of anilines is 2. The van der Waals surface area contributed by atoms with Gasteiger partial charge in [0.05, 0.1) is 0 Å². The van der Waals surface area contributed by atoms with Crippen molar-refractivity contribution in [2.75, 3.05) is 10.6 Å². The lowest BCUT2D eigenvalue weighted by atomic mass is 10.4. The summed E-state index contributed by atoms with van der Waals surface area (Å²) in [4.78, 5) is 29.5. The molecule has 0 saturated heterocycles. The lowest BCUT2D eigenvalue weighted by molar-refractivity contribution is -0.115. The molecule has 0 bridgehead atoms. The van der Waals surface area contributed by atoms with Crippen LogP contribution in [-0.4, -0.2) is 21.8 Å².